The Labute approximate surface area is 84.7 Å². The molecule has 1 saturated heterocycles. The second-order valence-corrected chi connectivity index (χ2v) is 4.00. The molecule has 0 aromatic heterocycles. The maximum atomic E-state index is 5.93. The van der Waals surface area contributed by atoms with Crippen molar-refractivity contribution in [3.8, 4) is 0 Å². The minimum Gasteiger partial charge on any atom is -0.368 e. The van der Waals surface area contributed by atoms with Crippen molar-refractivity contribution >= 4 is 5.69 Å². The number of hydrogen-bond donors (Lipinski definition) is 2. The molecule has 1 aliphatic rings. The summed E-state index contributed by atoms with van der Waals surface area (Å²) in [5, 5.41) is 0. The van der Waals surface area contributed by atoms with Crippen molar-refractivity contribution < 1.29 is 0 Å². The van der Waals surface area contributed by atoms with Crippen molar-refractivity contribution in [2.24, 2.45) is 11.5 Å². The van der Waals surface area contributed by atoms with E-state index in [1.165, 1.54) is 5.69 Å². The minimum atomic E-state index is 0.207. The molecule has 1 fully saturated rings. The number of nitrogens with two attached hydrogens (primary N) is 2. The molecule has 0 amide bonds. The lowest BCUT2D eigenvalue weighted by Crippen LogP contribution is -2.52. The smallest absolute Gasteiger partial charge is 0.0367 e. The molecule has 0 spiro atoms. The van der Waals surface area contributed by atoms with Gasteiger partial charge in [0.2, 0.25) is 0 Å². The Morgan fingerprint density at radius 3 is 2.14 bits per heavy atom. The predicted octanol–water partition coefficient (Wildman–Crippen LogP) is 0.551. The number of benzene rings is 1. The number of nitrogens with zero attached hydrogens (tertiary/aromatic N) is 1. The molecular weight excluding hydrogens is 174 g/mol. The Bertz CT molecular complexity index is 276. The zero-order valence-corrected chi connectivity index (χ0v) is 8.26. The van der Waals surface area contributed by atoms with Gasteiger partial charge in [-0.3, -0.25) is 0 Å². The Kier molecular flexibility index (Phi) is 2.70. The van der Waals surface area contributed by atoms with Gasteiger partial charge in [0.25, 0.3) is 0 Å². The maximum Gasteiger partial charge on any atom is 0.0367 e. The molecule has 2 atom stereocenters. The first kappa shape index (κ1) is 9.49. The van der Waals surface area contributed by atoms with Crippen LogP contribution in [-0.4, -0.2) is 25.2 Å². The van der Waals surface area contributed by atoms with Crippen LogP contribution in [0.5, 0.6) is 0 Å². The molecule has 4 N–H and O–H groups in total. The van der Waals surface area contributed by atoms with Gasteiger partial charge in [0.1, 0.15) is 0 Å². The summed E-state index contributed by atoms with van der Waals surface area (Å²) in [6.07, 6.45) is 0.934. The maximum absolute atomic E-state index is 5.93. The molecule has 1 aromatic rings. The lowest BCUT2D eigenvalue weighted by Gasteiger charge is -2.36. The van der Waals surface area contributed by atoms with Gasteiger partial charge < -0.3 is 16.4 Å². The fraction of sp³-hybridized carbons (Fsp3) is 0.455. The van der Waals surface area contributed by atoms with E-state index in [1.807, 2.05) is 18.2 Å². The molecule has 1 aromatic carbocycles. The van der Waals surface area contributed by atoms with E-state index in [2.05, 4.69) is 17.0 Å². The molecule has 3 nitrogen and oxygen atoms in total. The van der Waals surface area contributed by atoms with Crippen LogP contribution >= 0.6 is 0 Å². The van der Waals surface area contributed by atoms with Crippen LogP contribution < -0.4 is 16.4 Å². The van der Waals surface area contributed by atoms with Crippen LogP contribution in [0.25, 0.3) is 0 Å². The summed E-state index contributed by atoms with van der Waals surface area (Å²) in [5.74, 6) is 0. The summed E-state index contributed by atoms with van der Waals surface area (Å²) in [6, 6.07) is 10.7. The lowest BCUT2D eigenvalue weighted by molar-refractivity contribution is 0.452. The van der Waals surface area contributed by atoms with Crippen LogP contribution in [0, 0.1) is 0 Å². The monoisotopic (exact) mass is 191 g/mol. The van der Waals surface area contributed by atoms with Gasteiger partial charge in [-0.2, -0.15) is 0 Å². The number of anilines is 1. The van der Waals surface area contributed by atoms with Gasteiger partial charge in [-0.15, -0.1) is 0 Å². The predicted molar refractivity (Wildman–Crippen MR) is 59.2 cm³/mol. The number of rotatable bonds is 1. The molecule has 2 rings (SSSR count). The first-order valence-corrected chi connectivity index (χ1v) is 5.07. The van der Waals surface area contributed by atoms with Crippen LogP contribution in [0.4, 0.5) is 5.69 Å². The highest BCUT2D eigenvalue weighted by atomic mass is 15.2. The molecule has 1 heterocycles. The van der Waals surface area contributed by atoms with Gasteiger partial charge >= 0.3 is 0 Å². The quantitative estimate of drug-likeness (QED) is 0.681. The fourth-order valence-electron chi connectivity index (χ4n) is 2.03. The third-order valence-corrected chi connectivity index (χ3v) is 2.64. The number of piperidine rings is 1. The SMILES string of the molecule is NC1CC(N)CN(c2ccccc2)C1. The Hall–Kier alpha value is -1.06. The molecule has 0 aliphatic carbocycles. The Morgan fingerprint density at radius 1 is 1.00 bits per heavy atom. The van der Waals surface area contributed by atoms with Crippen molar-refractivity contribution in [2.45, 2.75) is 18.5 Å². The van der Waals surface area contributed by atoms with Crippen LogP contribution in [0.1, 0.15) is 6.42 Å². The van der Waals surface area contributed by atoms with E-state index in [1.54, 1.807) is 0 Å². The van der Waals surface area contributed by atoms with Crippen LogP contribution in [0.2, 0.25) is 0 Å². The van der Waals surface area contributed by atoms with E-state index >= 15 is 0 Å². The summed E-state index contributed by atoms with van der Waals surface area (Å²) in [7, 11) is 0. The van der Waals surface area contributed by atoms with Crippen LogP contribution in [0.15, 0.2) is 30.3 Å². The van der Waals surface area contributed by atoms with Gasteiger partial charge in [0.05, 0.1) is 0 Å². The summed E-state index contributed by atoms with van der Waals surface area (Å²) >= 11 is 0. The van der Waals surface area contributed by atoms with E-state index in [4.69, 9.17) is 11.5 Å². The summed E-state index contributed by atoms with van der Waals surface area (Å²) in [4.78, 5) is 2.26. The topological polar surface area (TPSA) is 55.3 Å². The molecule has 3 heteroatoms. The van der Waals surface area contributed by atoms with Crippen molar-refractivity contribution in [3.63, 3.8) is 0 Å². The van der Waals surface area contributed by atoms with Crippen molar-refractivity contribution in [3.05, 3.63) is 30.3 Å². The standard InChI is InChI=1S/C11H17N3/c12-9-6-10(13)8-14(7-9)11-4-2-1-3-5-11/h1-5,9-10H,6-8,12-13H2. The van der Waals surface area contributed by atoms with E-state index in [0.29, 0.717) is 0 Å². The van der Waals surface area contributed by atoms with E-state index in [-0.39, 0.29) is 12.1 Å². The molecule has 1 aliphatic heterocycles. The zero-order valence-electron chi connectivity index (χ0n) is 8.26. The largest absolute Gasteiger partial charge is 0.368 e. The average molecular weight is 191 g/mol. The van der Waals surface area contributed by atoms with Crippen molar-refractivity contribution in [1.82, 2.24) is 0 Å². The highest BCUT2D eigenvalue weighted by Crippen LogP contribution is 2.17. The molecule has 2 unspecified atom stereocenters. The van der Waals surface area contributed by atoms with E-state index in [9.17, 15) is 0 Å². The lowest BCUT2D eigenvalue weighted by atomic mass is 10.0. The first-order valence-electron chi connectivity index (χ1n) is 5.07. The second kappa shape index (κ2) is 3.98. The van der Waals surface area contributed by atoms with Crippen LogP contribution in [0.3, 0.4) is 0 Å². The van der Waals surface area contributed by atoms with E-state index in [0.717, 1.165) is 19.5 Å². The Morgan fingerprint density at radius 2 is 1.57 bits per heavy atom. The third kappa shape index (κ3) is 2.05. The van der Waals surface area contributed by atoms with Crippen molar-refractivity contribution in [1.29, 1.82) is 0 Å². The fourth-order valence-corrected chi connectivity index (χ4v) is 2.03. The molecule has 0 bridgehead atoms. The van der Waals surface area contributed by atoms with Crippen molar-refractivity contribution in [2.75, 3.05) is 18.0 Å². The highest BCUT2D eigenvalue weighted by molar-refractivity contribution is 5.46. The van der Waals surface area contributed by atoms with Gasteiger partial charge in [-0.05, 0) is 18.6 Å². The van der Waals surface area contributed by atoms with Crippen LogP contribution in [-0.2, 0) is 0 Å². The second-order valence-electron chi connectivity index (χ2n) is 4.00. The normalized spacial score (nSPS) is 27.7. The van der Waals surface area contributed by atoms with Gasteiger partial charge in [0, 0.05) is 30.9 Å². The highest BCUT2D eigenvalue weighted by Gasteiger charge is 2.22. The number of para-hydroxylation sites is 1. The third-order valence-electron chi connectivity index (χ3n) is 2.64. The Balaban J connectivity index is 2.11. The minimum absolute atomic E-state index is 0.207. The van der Waals surface area contributed by atoms with E-state index < -0.39 is 0 Å². The molecular formula is C11H17N3. The summed E-state index contributed by atoms with van der Waals surface area (Å²) in [6.45, 7) is 1.83. The molecule has 76 valence electrons. The van der Waals surface area contributed by atoms with Gasteiger partial charge in [0.15, 0.2) is 0 Å². The zero-order chi connectivity index (χ0) is 9.97. The van der Waals surface area contributed by atoms with Gasteiger partial charge in [-0.25, -0.2) is 0 Å². The molecule has 0 radical (unpaired) electrons. The summed E-state index contributed by atoms with van der Waals surface area (Å²) < 4.78 is 0. The first-order chi connectivity index (χ1) is 6.75. The molecule has 14 heavy (non-hydrogen) atoms. The summed E-state index contributed by atoms with van der Waals surface area (Å²) in [5.41, 5.74) is 13.1. The molecule has 0 saturated carbocycles. The average Bonchev–Trinajstić information content (AvgIpc) is 2.18. The number of hydrogen-bond acceptors (Lipinski definition) is 3. The van der Waals surface area contributed by atoms with Gasteiger partial charge in [-0.1, -0.05) is 18.2 Å².